The number of hydrogen-bond acceptors (Lipinski definition) is 4. The van der Waals surface area contributed by atoms with Gasteiger partial charge >= 0.3 is 5.95 Å². The molecule has 3 N–H and O–H groups in total. The predicted octanol–water partition coefficient (Wildman–Crippen LogP) is 0.364. The van der Waals surface area contributed by atoms with Crippen molar-refractivity contribution in [3.63, 3.8) is 0 Å². The van der Waals surface area contributed by atoms with Crippen LogP contribution in [-0.2, 0) is 0 Å². The van der Waals surface area contributed by atoms with E-state index < -0.39 is 0 Å². The lowest BCUT2D eigenvalue weighted by Crippen LogP contribution is -2.11. The zero-order valence-electron chi connectivity index (χ0n) is 6.20. The van der Waals surface area contributed by atoms with Crippen molar-refractivity contribution in [1.29, 1.82) is 5.41 Å². The summed E-state index contributed by atoms with van der Waals surface area (Å²) in [7, 11) is 0. The molecule has 12 heavy (non-hydrogen) atoms. The van der Waals surface area contributed by atoms with Crippen LogP contribution >= 0.6 is 0 Å². The van der Waals surface area contributed by atoms with Gasteiger partial charge in [0.1, 0.15) is 12.3 Å². The molecule has 0 saturated heterocycles. The molecule has 5 nitrogen and oxygen atoms in total. The van der Waals surface area contributed by atoms with Crippen molar-refractivity contribution in [2.45, 2.75) is 0 Å². The van der Waals surface area contributed by atoms with Crippen LogP contribution in [0.15, 0.2) is 10.5 Å². The van der Waals surface area contributed by atoms with Gasteiger partial charge < -0.3 is 14.9 Å². The minimum atomic E-state index is -0.193. The van der Waals surface area contributed by atoms with Crippen LogP contribution in [0, 0.1) is 5.41 Å². The van der Waals surface area contributed by atoms with E-state index in [0.29, 0.717) is 18.2 Å². The summed E-state index contributed by atoms with van der Waals surface area (Å²) in [6.07, 6.45) is 3.59. The number of oxazole rings is 1. The van der Waals surface area contributed by atoms with Gasteiger partial charge in [0.15, 0.2) is 5.84 Å². The lowest BCUT2D eigenvalue weighted by Gasteiger charge is -2.01. The fourth-order valence-corrected chi connectivity index (χ4v) is 0.925. The Bertz CT molecular complexity index is 354. The molecule has 0 amide bonds. The van der Waals surface area contributed by atoms with Gasteiger partial charge in [0, 0.05) is 0 Å². The standard InChI is InChI=1S/C7H7N3O2/c8-5(9)6-10-4-2-1-3-11-7(4)12-6/h1-2H,3H2,(H3,8,9). The van der Waals surface area contributed by atoms with E-state index in [1.807, 2.05) is 6.08 Å². The molecule has 0 aliphatic carbocycles. The number of hydrogen-bond donors (Lipinski definition) is 2. The van der Waals surface area contributed by atoms with E-state index in [4.69, 9.17) is 20.3 Å². The van der Waals surface area contributed by atoms with Crippen molar-refractivity contribution in [1.82, 2.24) is 4.98 Å². The fraction of sp³-hybridized carbons (Fsp3) is 0.143. The second-order valence-electron chi connectivity index (χ2n) is 2.32. The molecule has 0 saturated carbocycles. The SMILES string of the molecule is N=C(N)c1nc2c(o1)OCC=C2. The average Bonchev–Trinajstić information content (AvgIpc) is 2.46. The van der Waals surface area contributed by atoms with Crippen LogP contribution in [0.25, 0.3) is 6.08 Å². The number of nitrogen functional groups attached to an aromatic ring is 1. The number of nitrogens with one attached hydrogen (secondary N) is 1. The van der Waals surface area contributed by atoms with Crippen molar-refractivity contribution >= 4 is 11.9 Å². The highest BCUT2D eigenvalue weighted by atomic mass is 16.6. The molecule has 0 unspecified atom stereocenters. The summed E-state index contributed by atoms with van der Waals surface area (Å²) in [5.41, 5.74) is 5.76. The Hall–Kier alpha value is -1.78. The van der Waals surface area contributed by atoms with Crippen molar-refractivity contribution in [2.75, 3.05) is 6.61 Å². The van der Waals surface area contributed by atoms with Crippen LogP contribution in [0.4, 0.5) is 0 Å². The molecule has 0 aromatic carbocycles. The van der Waals surface area contributed by atoms with Crippen molar-refractivity contribution < 1.29 is 9.15 Å². The number of nitrogens with zero attached hydrogens (tertiary/aromatic N) is 1. The minimum absolute atomic E-state index is 0.103. The molecule has 62 valence electrons. The molecule has 1 aliphatic rings. The minimum Gasteiger partial charge on any atom is -0.459 e. The van der Waals surface area contributed by atoms with Gasteiger partial charge in [-0.1, -0.05) is 0 Å². The van der Waals surface area contributed by atoms with Crippen molar-refractivity contribution in [2.24, 2.45) is 5.73 Å². The van der Waals surface area contributed by atoms with Gasteiger partial charge in [0.25, 0.3) is 5.89 Å². The van der Waals surface area contributed by atoms with Gasteiger partial charge in [-0.05, 0) is 12.2 Å². The summed E-state index contributed by atoms with van der Waals surface area (Å²) in [5.74, 6) is 0.246. The van der Waals surface area contributed by atoms with E-state index in [-0.39, 0.29) is 11.7 Å². The first kappa shape index (κ1) is 6.90. The summed E-state index contributed by atoms with van der Waals surface area (Å²) in [4.78, 5) is 3.92. The summed E-state index contributed by atoms with van der Waals surface area (Å²) in [5, 5.41) is 7.06. The molecule has 2 heterocycles. The zero-order valence-corrected chi connectivity index (χ0v) is 6.20. The van der Waals surface area contributed by atoms with E-state index in [2.05, 4.69) is 4.98 Å². The second-order valence-corrected chi connectivity index (χ2v) is 2.32. The zero-order chi connectivity index (χ0) is 8.55. The molecule has 1 aliphatic heterocycles. The van der Waals surface area contributed by atoms with Crippen molar-refractivity contribution in [3.8, 4) is 5.95 Å². The van der Waals surface area contributed by atoms with Crippen LogP contribution in [0.3, 0.4) is 0 Å². The summed E-state index contributed by atoms with van der Waals surface area (Å²) >= 11 is 0. The Morgan fingerprint density at radius 3 is 3.17 bits per heavy atom. The highest BCUT2D eigenvalue weighted by Gasteiger charge is 2.15. The average molecular weight is 165 g/mol. The van der Waals surface area contributed by atoms with Crippen LogP contribution in [-0.4, -0.2) is 17.4 Å². The third-order valence-corrected chi connectivity index (χ3v) is 1.44. The highest BCUT2D eigenvalue weighted by molar-refractivity contribution is 5.90. The maximum atomic E-state index is 7.06. The molecule has 0 radical (unpaired) electrons. The lowest BCUT2D eigenvalue weighted by molar-refractivity contribution is 0.267. The predicted molar refractivity (Wildman–Crippen MR) is 42.0 cm³/mol. The maximum absolute atomic E-state index is 7.06. The van der Waals surface area contributed by atoms with Gasteiger partial charge in [-0.2, -0.15) is 0 Å². The van der Waals surface area contributed by atoms with Gasteiger partial charge in [0.05, 0.1) is 0 Å². The summed E-state index contributed by atoms with van der Waals surface area (Å²) < 4.78 is 10.1. The van der Waals surface area contributed by atoms with Gasteiger partial charge in [0.2, 0.25) is 0 Å². The molecular weight excluding hydrogens is 158 g/mol. The third-order valence-electron chi connectivity index (χ3n) is 1.44. The van der Waals surface area contributed by atoms with E-state index in [9.17, 15) is 0 Å². The topological polar surface area (TPSA) is 85.1 Å². The first-order valence-electron chi connectivity index (χ1n) is 3.42. The molecule has 1 aromatic rings. The number of ether oxygens (including phenoxy) is 1. The molecule has 1 aromatic heterocycles. The molecule has 0 bridgehead atoms. The molecule has 5 heteroatoms. The first-order chi connectivity index (χ1) is 5.77. The smallest absolute Gasteiger partial charge is 0.313 e. The summed E-state index contributed by atoms with van der Waals surface area (Å²) in [6.45, 7) is 0.472. The number of nitrogens with two attached hydrogens (primary N) is 1. The van der Waals surface area contributed by atoms with E-state index in [0.717, 1.165) is 0 Å². The Morgan fingerprint density at radius 2 is 2.50 bits per heavy atom. The Labute approximate surface area is 68.3 Å². The van der Waals surface area contributed by atoms with Crippen LogP contribution in [0.1, 0.15) is 11.6 Å². The lowest BCUT2D eigenvalue weighted by atomic mass is 10.3. The quantitative estimate of drug-likeness (QED) is 0.465. The monoisotopic (exact) mass is 165 g/mol. The Balaban J connectivity index is 2.46. The number of rotatable bonds is 1. The molecule has 2 rings (SSSR count). The number of aromatic nitrogens is 1. The molecular formula is C7H7N3O2. The van der Waals surface area contributed by atoms with Crippen LogP contribution in [0.2, 0.25) is 0 Å². The molecule has 0 fully saturated rings. The van der Waals surface area contributed by atoms with E-state index in [1.165, 1.54) is 0 Å². The second kappa shape index (κ2) is 2.37. The normalized spacial score (nSPS) is 13.7. The van der Waals surface area contributed by atoms with E-state index in [1.54, 1.807) is 6.08 Å². The van der Waals surface area contributed by atoms with Gasteiger partial charge in [-0.15, -0.1) is 0 Å². The van der Waals surface area contributed by atoms with Crippen LogP contribution < -0.4 is 10.5 Å². The van der Waals surface area contributed by atoms with E-state index >= 15 is 0 Å². The van der Waals surface area contributed by atoms with Gasteiger partial charge in [-0.25, -0.2) is 4.98 Å². The highest BCUT2D eigenvalue weighted by Crippen LogP contribution is 2.23. The number of amidine groups is 1. The molecule has 0 spiro atoms. The first-order valence-corrected chi connectivity index (χ1v) is 3.42. The largest absolute Gasteiger partial charge is 0.459 e. The molecule has 0 atom stereocenters. The fourth-order valence-electron chi connectivity index (χ4n) is 0.925. The van der Waals surface area contributed by atoms with Gasteiger partial charge in [-0.3, -0.25) is 5.41 Å². The Kier molecular flexibility index (Phi) is 1.36. The number of fused-ring (bicyclic) bond motifs is 1. The summed E-state index contributed by atoms with van der Waals surface area (Å²) in [6, 6.07) is 0. The van der Waals surface area contributed by atoms with Crippen LogP contribution in [0.5, 0.6) is 5.95 Å². The maximum Gasteiger partial charge on any atom is 0.313 e. The van der Waals surface area contributed by atoms with Crippen molar-refractivity contribution in [3.05, 3.63) is 17.7 Å². The Morgan fingerprint density at radius 1 is 1.67 bits per heavy atom. The third kappa shape index (κ3) is 0.952.